The molecule has 1 heterocycles. The average Bonchev–Trinajstić information content (AvgIpc) is 3.28. The second-order valence-corrected chi connectivity index (χ2v) is 9.63. The van der Waals surface area contributed by atoms with E-state index in [4.69, 9.17) is 0 Å². The van der Waals surface area contributed by atoms with Gasteiger partial charge in [-0.05, 0) is 36.8 Å². The predicted octanol–water partition coefficient (Wildman–Crippen LogP) is 3.53. The Hall–Kier alpha value is -2.18. The fourth-order valence-electron chi connectivity index (χ4n) is 3.85. The van der Waals surface area contributed by atoms with Crippen LogP contribution in [0.5, 0.6) is 0 Å². The number of hydrogen-bond acceptors (Lipinski definition) is 3. The van der Waals surface area contributed by atoms with Crippen LogP contribution in [0.4, 0.5) is 0 Å². The summed E-state index contributed by atoms with van der Waals surface area (Å²) in [5.74, 6) is 0.187. The molecule has 1 aliphatic heterocycles. The van der Waals surface area contributed by atoms with Crippen molar-refractivity contribution in [2.45, 2.75) is 38.0 Å². The molecule has 1 N–H and O–H groups in total. The van der Waals surface area contributed by atoms with Crippen molar-refractivity contribution in [3.63, 3.8) is 0 Å². The summed E-state index contributed by atoms with van der Waals surface area (Å²) in [5.41, 5.74) is 2.45. The van der Waals surface area contributed by atoms with E-state index in [1.54, 1.807) is 4.31 Å². The number of sulfonamides is 1. The molecule has 29 heavy (non-hydrogen) atoms. The molecule has 0 saturated carbocycles. The van der Waals surface area contributed by atoms with Gasteiger partial charge in [0.2, 0.25) is 15.9 Å². The highest BCUT2D eigenvalue weighted by atomic mass is 32.2. The first kappa shape index (κ1) is 21.5. The van der Waals surface area contributed by atoms with Gasteiger partial charge in [-0.1, -0.05) is 60.7 Å². The Bertz CT molecular complexity index is 824. The van der Waals surface area contributed by atoms with Crippen LogP contribution in [-0.4, -0.2) is 44.0 Å². The van der Waals surface area contributed by atoms with Crippen molar-refractivity contribution in [3.8, 4) is 0 Å². The molecule has 0 atom stereocenters. The van der Waals surface area contributed by atoms with Gasteiger partial charge in [-0.25, -0.2) is 12.7 Å². The minimum absolute atomic E-state index is 0.0527. The largest absolute Gasteiger partial charge is 0.356 e. The zero-order valence-electron chi connectivity index (χ0n) is 16.8. The average molecular weight is 415 g/mol. The summed E-state index contributed by atoms with van der Waals surface area (Å²) >= 11 is 0. The van der Waals surface area contributed by atoms with E-state index in [1.807, 2.05) is 36.4 Å². The fraction of sp³-hybridized carbons (Fsp3) is 0.435. The first-order valence-corrected chi connectivity index (χ1v) is 12.0. The Morgan fingerprint density at radius 1 is 0.931 bits per heavy atom. The minimum atomic E-state index is -3.21. The third-order valence-corrected chi connectivity index (χ3v) is 7.38. The molecule has 1 saturated heterocycles. The smallest absolute Gasteiger partial charge is 0.220 e. The number of nitrogens with one attached hydrogen (secondary N) is 1. The molecule has 5 nitrogen and oxygen atoms in total. The van der Waals surface area contributed by atoms with E-state index in [1.165, 1.54) is 11.1 Å². The molecule has 2 aromatic carbocycles. The van der Waals surface area contributed by atoms with Gasteiger partial charge in [-0.15, -0.1) is 0 Å². The Labute approximate surface area is 174 Å². The SMILES string of the molecule is O=C(CCCS(=O)(=O)N1CCCC1)NCCC(c1ccccc1)c1ccccc1. The third kappa shape index (κ3) is 6.41. The van der Waals surface area contributed by atoms with Crippen molar-refractivity contribution in [2.24, 2.45) is 0 Å². The maximum Gasteiger partial charge on any atom is 0.220 e. The van der Waals surface area contributed by atoms with Crippen LogP contribution in [0.3, 0.4) is 0 Å². The zero-order chi connectivity index (χ0) is 20.5. The van der Waals surface area contributed by atoms with Crippen molar-refractivity contribution in [1.82, 2.24) is 9.62 Å². The lowest BCUT2D eigenvalue weighted by atomic mass is 9.88. The predicted molar refractivity (Wildman–Crippen MR) is 116 cm³/mol. The van der Waals surface area contributed by atoms with Gasteiger partial charge in [0.15, 0.2) is 0 Å². The van der Waals surface area contributed by atoms with Crippen LogP contribution in [0.2, 0.25) is 0 Å². The quantitative estimate of drug-likeness (QED) is 0.647. The first-order chi connectivity index (χ1) is 14.1. The van der Waals surface area contributed by atoms with Crippen LogP contribution in [-0.2, 0) is 14.8 Å². The Balaban J connectivity index is 1.46. The lowest BCUT2D eigenvalue weighted by Crippen LogP contribution is -2.31. The molecule has 0 aliphatic carbocycles. The number of carbonyl (C=O) groups is 1. The molecule has 0 bridgehead atoms. The van der Waals surface area contributed by atoms with Gasteiger partial charge < -0.3 is 5.32 Å². The summed E-state index contributed by atoms with van der Waals surface area (Å²) in [6, 6.07) is 20.6. The molecule has 0 radical (unpaired) electrons. The van der Waals surface area contributed by atoms with Gasteiger partial charge in [0.1, 0.15) is 0 Å². The molecular formula is C23H30N2O3S. The molecule has 1 amide bonds. The van der Waals surface area contributed by atoms with Gasteiger partial charge in [0, 0.05) is 32.0 Å². The van der Waals surface area contributed by atoms with Gasteiger partial charge in [0.05, 0.1) is 5.75 Å². The number of benzene rings is 2. The van der Waals surface area contributed by atoms with Crippen molar-refractivity contribution in [1.29, 1.82) is 0 Å². The van der Waals surface area contributed by atoms with E-state index >= 15 is 0 Å². The first-order valence-electron chi connectivity index (χ1n) is 10.4. The van der Waals surface area contributed by atoms with Crippen molar-refractivity contribution in [2.75, 3.05) is 25.4 Å². The summed E-state index contributed by atoms with van der Waals surface area (Å²) in [7, 11) is -3.21. The summed E-state index contributed by atoms with van der Waals surface area (Å²) < 4.78 is 26.0. The Kier molecular flexibility index (Phi) is 7.83. The molecule has 0 unspecified atom stereocenters. The maximum atomic E-state index is 12.2. The van der Waals surface area contributed by atoms with Crippen LogP contribution in [0.1, 0.15) is 49.1 Å². The van der Waals surface area contributed by atoms with Crippen molar-refractivity contribution in [3.05, 3.63) is 71.8 Å². The molecule has 1 aliphatic rings. The second-order valence-electron chi connectivity index (χ2n) is 7.54. The van der Waals surface area contributed by atoms with Crippen LogP contribution >= 0.6 is 0 Å². The molecule has 0 aromatic heterocycles. The van der Waals surface area contributed by atoms with Gasteiger partial charge >= 0.3 is 0 Å². The standard InChI is InChI=1S/C23H30N2O3S/c26-23(14-9-19-29(27,28)25-17-7-8-18-25)24-16-15-22(20-10-3-1-4-11-20)21-12-5-2-6-13-21/h1-6,10-13,22H,7-9,14-19H2,(H,24,26). The number of amides is 1. The topological polar surface area (TPSA) is 66.5 Å². The maximum absolute atomic E-state index is 12.2. The summed E-state index contributed by atoms with van der Waals surface area (Å²) in [5, 5.41) is 2.96. The van der Waals surface area contributed by atoms with E-state index < -0.39 is 10.0 Å². The summed E-state index contributed by atoms with van der Waals surface area (Å²) in [4.78, 5) is 12.2. The van der Waals surface area contributed by atoms with Gasteiger partial charge in [-0.2, -0.15) is 0 Å². The molecule has 0 spiro atoms. The van der Waals surface area contributed by atoms with Crippen LogP contribution in [0, 0.1) is 0 Å². The van der Waals surface area contributed by atoms with E-state index in [2.05, 4.69) is 29.6 Å². The third-order valence-electron chi connectivity index (χ3n) is 5.42. The van der Waals surface area contributed by atoms with Gasteiger partial charge in [0.25, 0.3) is 0 Å². The fourth-order valence-corrected chi connectivity index (χ4v) is 5.43. The molecule has 6 heteroatoms. The molecule has 3 rings (SSSR count). The van der Waals surface area contributed by atoms with E-state index in [9.17, 15) is 13.2 Å². The Morgan fingerprint density at radius 3 is 2.03 bits per heavy atom. The number of carbonyl (C=O) groups excluding carboxylic acids is 1. The highest BCUT2D eigenvalue weighted by molar-refractivity contribution is 7.89. The van der Waals surface area contributed by atoms with E-state index in [0.717, 1.165) is 19.3 Å². The lowest BCUT2D eigenvalue weighted by Gasteiger charge is -2.18. The van der Waals surface area contributed by atoms with E-state index in [0.29, 0.717) is 26.1 Å². The van der Waals surface area contributed by atoms with Crippen LogP contribution in [0.15, 0.2) is 60.7 Å². The second kappa shape index (κ2) is 10.6. The van der Waals surface area contributed by atoms with Crippen LogP contribution < -0.4 is 5.32 Å². The highest BCUT2D eigenvalue weighted by Crippen LogP contribution is 2.27. The zero-order valence-corrected chi connectivity index (χ0v) is 17.6. The summed E-state index contributed by atoms with van der Waals surface area (Å²) in [6.45, 7) is 1.80. The highest BCUT2D eigenvalue weighted by Gasteiger charge is 2.24. The number of rotatable bonds is 10. The molecule has 1 fully saturated rings. The van der Waals surface area contributed by atoms with Crippen molar-refractivity contribution >= 4 is 15.9 Å². The number of nitrogens with zero attached hydrogens (tertiary/aromatic N) is 1. The minimum Gasteiger partial charge on any atom is -0.356 e. The molecule has 156 valence electrons. The Morgan fingerprint density at radius 2 is 1.48 bits per heavy atom. The summed E-state index contributed by atoms with van der Waals surface area (Å²) in [6.07, 6.45) is 3.28. The van der Waals surface area contributed by atoms with E-state index in [-0.39, 0.29) is 24.0 Å². The lowest BCUT2D eigenvalue weighted by molar-refractivity contribution is -0.121. The van der Waals surface area contributed by atoms with Crippen LogP contribution in [0.25, 0.3) is 0 Å². The normalized spacial score (nSPS) is 14.9. The molecule has 2 aromatic rings. The monoisotopic (exact) mass is 414 g/mol. The van der Waals surface area contributed by atoms with Gasteiger partial charge in [-0.3, -0.25) is 4.79 Å². The number of hydrogen-bond donors (Lipinski definition) is 1. The van der Waals surface area contributed by atoms with Crippen molar-refractivity contribution < 1.29 is 13.2 Å². The molecular weight excluding hydrogens is 384 g/mol.